The van der Waals surface area contributed by atoms with Gasteiger partial charge in [0.15, 0.2) is 0 Å². The number of aryl methyl sites for hydroxylation is 2. The van der Waals surface area contributed by atoms with Gasteiger partial charge in [-0.1, -0.05) is 18.2 Å². The zero-order chi connectivity index (χ0) is 16.1. The Balaban J connectivity index is 1.44. The maximum Gasteiger partial charge on any atom is 0.122 e. The van der Waals surface area contributed by atoms with Crippen LogP contribution in [0.15, 0.2) is 42.5 Å². The van der Waals surface area contributed by atoms with Crippen molar-refractivity contribution < 1.29 is 9.47 Å². The summed E-state index contributed by atoms with van der Waals surface area (Å²) in [7, 11) is 0. The highest BCUT2D eigenvalue weighted by molar-refractivity contribution is 8.19. The van der Waals surface area contributed by atoms with Crippen LogP contribution in [0.25, 0.3) is 0 Å². The molecule has 0 spiro atoms. The number of thioether (sulfide) groups is 2. The van der Waals surface area contributed by atoms with Crippen molar-refractivity contribution in [3.8, 4) is 11.5 Å². The molecule has 0 saturated carbocycles. The minimum atomic E-state index is 0.554. The van der Waals surface area contributed by atoms with Gasteiger partial charge in [0, 0.05) is 11.5 Å². The predicted molar refractivity (Wildman–Crippen MR) is 101 cm³/mol. The molecule has 1 fully saturated rings. The van der Waals surface area contributed by atoms with Gasteiger partial charge in [0.2, 0.25) is 0 Å². The first kappa shape index (κ1) is 16.6. The third kappa shape index (κ3) is 4.61. The van der Waals surface area contributed by atoms with Gasteiger partial charge < -0.3 is 9.47 Å². The molecule has 122 valence electrons. The van der Waals surface area contributed by atoms with Crippen LogP contribution in [0.1, 0.15) is 21.3 Å². The van der Waals surface area contributed by atoms with Crippen molar-refractivity contribution in [2.45, 2.75) is 18.4 Å². The Kier molecular flexibility index (Phi) is 5.79. The van der Waals surface area contributed by atoms with E-state index in [1.54, 1.807) is 0 Å². The van der Waals surface area contributed by atoms with Gasteiger partial charge in [0.05, 0.1) is 4.58 Å². The number of hydrogen-bond acceptors (Lipinski definition) is 4. The lowest BCUT2D eigenvalue weighted by Crippen LogP contribution is -2.09. The number of ether oxygens (including phenoxy) is 2. The van der Waals surface area contributed by atoms with Gasteiger partial charge in [-0.05, 0) is 54.8 Å². The van der Waals surface area contributed by atoms with Crippen LogP contribution in [0.4, 0.5) is 0 Å². The van der Waals surface area contributed by atoms with Crippen LogP contribution in [0.2, 0.25) is 0 Å². The van der Waals surface area contributed by atoms with Crippen molar-refractivity contribution in [1.82, 2.24) is 0 Å². The second-order valence-electron chi connectivity index (χ2n) is 5.59. The van der Waals surface area contributed by atoms with Gasteiger partial charge in [-0.2, -0.15) is 0 Å². The molecule has 1 aliphatic heterocycles. The fourth-order valence-corrected chi connectivity index (χ4v) is 5.25. The van der Waals surface area contributed by atoms with Crippen LogP contribution in [-0.2, 0) is 0 Å². The van der Waals surface area contributed by atoms with E-state index in [-0.39, 0.29) is 0 Å². The summed E-state index contributed by atoms with van der Waals surface area (Å²) in [6.45, 7) is 5.31. The highest BCUT2D eigenvalue weighted by atomic mass is 32.2. The third-order valence-electron chi connectivity index (χ3n) is 3.87. The molecule has 0 radical (unpaired) electrons. The van der Waals surface area contributed by atoms with Crippen LogP contribution in [0, 0.1) is 13.8 Å². The molecular formula is C19H22O2S2. The monoisotopic (exact) mass is 346 g/mol. The molecule has 23 heavy (non-hydrogen) atoms. The molecule has 1 heterocycles. The summed E-state index contributed by atoms with van der Waals surface area (Å²) in [5.41, 5.74) is 3.92. The topological polar surface area (TPSA) is 18.5 Å². The standard InChI is InChI=1S/C19H22O2S2/c1-14-3-6-18(13-15(14)2)21-10-9-20-17-7-4-16(5-8-17)19-22-11-12-23-19/h3-8,13,19H,9-12H2,1-2H3. The molecule has 0 amide bonds. The molecule has 2 aromatic rings. The fourth-order valence-electron chi connectivity index (χ4n) is 2.39. The smallest absolute Gasteiger partial charge is 0.122 e. The molecule has 0 aliphatic carbocycles. The first-order valence-electron chi connectivity index (χ1n) is 7.88. The van der Waals surface area contributed by atoms with Gasteiger partial charge >= 0.3 is 0 Å². The van der Waals surface area contributed by atoms with Crippen LogP contribution in [-0.4, -0.2) is 24.7 Å². The summed E-state index contributed by atoms with van der Waals surface area (Å²) < 4.78 is 12.1. The maximum absolute atomic E-state index is 5.76. The Hall–Kier alpha value is -1.26. The van der Waals surface area contributed by atoms with Crippen molar-refractivity contribution in [1.29, 1.82) is 0 Å². The Labute approximate surface area is 147 Å². The quantitative estimate of drug-likeness (QED) is 0.666. The van der Waals surface area contributed by atoms with Crippen molar-refractivity contribution in [3.05, 3.63) is 59.2 Å². The third-order valence-corrected chi connectivity index (χ3v) is 6.98. The Morgan fingerprint density at radius 2 is 1.43 bits per heavy atom. The van der Waals surface area contributed by atoms with Crippen LogP contribution in [0.5, 0.6) is 11.5 Å². The summed E-state index contributed by atoms with van der Waals surface area (Å²) in [5, 5.41) is 0. The average molecular weight is 347 g/mol. The largest absolute Gasteiger partial charge is 0.490 e. The molecule has 1 saturated heterocycles. The van der Waals surface area contributed by atoms with Gasteiger partial charge in [-0.15, -0.1) is 23.5 Å². The molecule has 4 heteroatoms. The Bertz CT molecular complexity index is 634. The van der Waals surface area contributed by atoms with Gasteiger partial charge in [0.25, 0.3) is 0 Å². The summed E-state index contributed by atoms with van der Waals surface area (Å²) in [6, 6.07) is 14.6. The van der Waals surface area contributed by atoms with E-state index in [4.69, 9.17) is 9.47 Å². The molecule has 3 rings (SSSR count). The van der Waals surface area contributed by atoms with E-state index in [1.165, 1.54) is 28.2 Å². The molecular weight excluding hydrogens is 324 g/mol. The number of rotatable bonds is 6. The van der Waals surface area contributed by atoms with E-state index in [0.717, 1.165) is 11.5 Å². The summed E-state index contributed by atoms with van der Waals surface area (Å²) in [4.78, 5) is 0. The second kappa shape index (κ2) is 8.02. The molecule has 0 N–H and O–H groups in total. The molecule has 0 atom stereocenters. The van der Waals surface area contributed by atoms with E-state index >= 15 is 0 Å². The molecule has 2 nitrogen and oxygen atoms in total. The van der Waals surface area contributed by atoms with E-state index < -0.39 is 0 Å². The van der Waals surface area contributed by atoms with Crippen molar-refractivity contribution in [2.75, 3.05) is 24.7 Å². The van der Waals surface area contributed by atoms with Crippen molar-refractivity contribution >= 4 is 23.5 Å². The lowest BCUT2D eigenvalue weighted by Gasteiger charge is -2.11. The zero-order valence-corrected chi connectivity index (χ0v) is 15.2. The normalized spacial score (nSPS) is 14.9. The zero-order valence-electron chi connectivity index (χ0n) is 13.6. The van der Waals surface area contributed by atoms with Crippen LogP contribution in [0.3, 0.4) is 0 Å². The minimum Gasteiger partial charge on any atom is -0.490 e. The summed E-state index contributed by atoms with van der Waals surface area (Å²) >= 11 is 4.05. The molecule has 0 bridgehead atoms. The number of hydrogen-bond donors (Lipinski definition) is 0. The predicted octanol–water partition coefficient (Wildman–Crippen LogP) is 5.24. The van der Waals surface area contributed by atoms with Gasteiger partial charge in [0.1, 0.15) is 24.7 Å². The average Bonchev–Trinajstić information content (AvgIpc) is 3.10. The van der Waals surface area contributed by atoms with Crippen molar-refractivity contribution in [2.24, 2.45) is 0 Å². The van der Waals surface area contributed by atoms with Gasteiger partial charge in [-0.3, -0.25) is 0 Å². The van der Waals surface area contributed by atoms with E-state index in [1.807, 2.05) is 29.6 Å². The minimum absolute atomic E-state index is 0.554. The van der Waals surface area contributed by atoms with E-state index in [2.05, 4.69) is 50.2 Å². The number of benzene rings is 2. The lowest BCUT2D eigenvalue weighted by atomic mass is 10.1. The highest BCUT2D eigenvalue weighted by Gasteiger charge is 2.17. The second-order valence-corrected chi connectivity index (χ2v) is 8.31. The van der Waals surface area contributed by atoms with E-state index in [0.29, 0.717) is 17.8 Å². The molecule has 0 aromatic heterocycles. The molecule has 0 unspecified atom stereocenters. The first-order chi connectivity index (χ1) is 11.2. The summed E-state index contributed by atoms with van der Waals surface area (Å²) in [6.07, 6.45) is 0. The Morgan fingerprint density at radius 3 is 2.09 bits per heavy atom. The van der Waals surface area contributed by atoms with Crippen molar-refractivity contribution in [3.63, 3.8) is 0 Å². The van der Waals surface area contributed by atoms with Crippen LogP contribution < -0.4 is 9.47 Å². The molecule has 2 aromatic carbocycles. The Morgan fingerprint density at radius 1 is 0.826 bits per heavy atom. The fraction of sp³-hybridized carbons (Fsp3) is 0.368. The van der Waals surface area contributed by atoms with Gasteiger partial charge in [-0.25, -0.2) is 0 Å². The van der Waals surface area contributed by atoms with E-state index in [9.17, 15) is 0 Å². The SMILES string of the molecule is Cc1ccc(OCCOc2ccc(C3SCCS3)cc2)cc1C. The van der Waals surface area contributed by atoms with Crippen LogP contribution >= 0.6 is 23.5 Å². The highest BCUT2D eigenvalue weighted by Crippen LogP contribution is 2.45. The molecule has 1 aliphatic rings. The maximum atomic E-state index is 5.76. The summed E-state index contributed by atoms with van der Waals surface area (Å²) in [5.74, 6) is 4.32. The lowest BCUT2D eigenvalue weighted by molar-refractivity contribution is 0.217. The first-order valence-corrected chi connectivity index (χ1v) is 9.98.